The highest BCUT2D eigenvalue weighted by Crippen LogP contribution is 2.55. The Bertz CT molecular complexity index is 974. The molecule has 1 aromatic rings. The highest BCUT2D eigenvalue weighted by atomic mass is 35.5. The van der Waals surface area contributed by atoms with E-state index in [2.05, 4.69) is 5.32 Å². The third-order valence-corrected chi connectivity index (χ3v) is 9.86. The van der Waals surface area contributed by atoms with Gasteiger partial charge in [0.2, 0.25) is 10.0 Å². The SMILES string of the molecule is O=C(COC(=O)[C@@H]1CCCN1S(=O)(=O)c1ccc(Cl)cc1)NC12CC3CC(CC(C3)C1)C2. The smallest absolute Gasteiger partial charge is 0.324 e. The number of hydrogen-bond acceptors (Lipinski definition) is 5. The van der Waals surface area contributed by atoms with Crippen molar-refractivity contribution in [3.8, 4) is 0 Å². The summed E-state index contributed by atoms with van der Waals surface area (Å²) in [6.45, 7) is -0.129. The van der Waals surface area contributed by atoms with E-state index >= 15 is 0 Å². The van der Waals surface area contributed by atoms with Gasteiger partial charge in [0.15, 0.2) is 6.61 Å². The molecule has 1 N–H and O–H groups in total. The predicted octanol–water partition coefficient (Wildman–Crippen LogP) is 3.12. The fraction of sp³-hybridized carbons (Fsp3) is 0.652. The molecule has 7 nitrogen and oxygen atoms in total. The first-order valence-electron chi connectivity index (χ1n) is 11.5. The number of carbonyl (C=O) groups excluding carboxylic acids is 2. The number of amides is 1. The Balaban J connectivity index is 1.19. The van der Waals surface area contributed by atoms with Gasteiger partial charge in [0.1, 0.15) is 6.04 Å². The van der Waals surface area contributed by atoms with Gasteiger partial charge in [-0.1, -0.05) is 11.6 Å². The van der Waals surface area contributed by atoms with Crippen molar-refractivity contribution in [2.75, 3.05) is 13.2 Å². The first kappa shape index (κ1) is 22.2. The molecule has 32 heavy (non-hydrogen) atoms. The highest BCUT2D eigenvalue weighted by Gasteiger charge is 2.51. The fourth-order valence-corrected chi connectivity index (χ4v) is 8.61. The molecule has 5 aliphatic rings. The Morgan fingerprint density at radius 1 is 1.06 bits per heavy atom. The Morgan fingerprint density at radius 3 is 2.25 bits per heavy atom. The van der Waals surface area contributed by atoms with Crippen molar-refractivity contribution in [3.05, 3.63) is 29.3 Å². The van der Waals surface area contributed by atoms with E-state index in [1.165, 1.54) is 47.8 Å². The third-order valence-electron chi connectivity index (χ3n) is 7.68. The quantitative estimate of drug-likeness (QED) is 0.631. The Kier molecular flexibility index (Phi) is 5.75. The molecule has 0 aromatic heterocycles. The summed E-state index contributed by atoms with van der Waals surface area (Å²) in [5.74, 6) is 1.16. The van der Waals surface area contributed by atoms with Gasteiger partial charge in [0.25, 0.3) is 5.91 Å². The minimum absolute atomic E-state index is 0.0844. The van der Waals surface area contributed by atoms with Gasteiger partial charge in [0.05, 0.1) is 4.90 Å². The van der Waals surface area contributed by atoms with Crippen LogP contribution in [0.1, 0.15) is 51.4 Å². The zero-order valence-corrected chi connectivity index (χ0v) is 19.5. The number of ether oxygens (including phenoxy) is 1. The summed E-state index contributed by atoms with van der Waals surface area (Å²) in [6.07, 6.45) is 7.85. The van der Waals surface area contributed by atoms with Crippen LogP contribution in [0.2, 0.25) is 5.02 Å². The number of esters is 1. The van der Waals surface area contributed by atoms with Gasteiger partial charge in [-0.25, -0.2) is 8.42 Å². The summed E-state index contributed by atoms with van der Waals surface area (Å²) in [5.41, 5.74) is -0.143. The number of nitrogens with one attached hydrogen (secondary N) is 1. The van der Waals surface area contributed by atoms with Crippen LogP contribution in [0.25, 0.3) is 0 Å². The average Bonchev–Trinajstić information content (AvgIpc) is 3.22. The van der Waals surface area contributed by atoms with Crippen LogP contribution in [0.4, 0.5) is 0 Å². The van der Waals surface area contributed by atoms with E-state index in [0.29, 0.717) is 35.6 Å². The summed E-state index contributed by atoms with van der Waals surface area (Å²) < 4.78 is 32.5. The standard InChI is InChI=1S/C23H29ClN2O5S/c24-18-3-5-19(6-4-18)32(29,30)26-7-1-2-20(26)22(28)31-14-21(27)25-23-11-15-8-16(12-23)10-17(9-15)13-23/h3-6,15-17,20H,1-2,7-14H2,(H,25,27)/t15?,16?,17?,20-,23?/m0/s1. The molecule has 5 fully saturated rings. The monoisotopic (exact) mass is 480 g/mol. The van der Waals surface area contributed by atoms with E-state index in [-0.39, 0.29) is 29.5 Å². The third kappa shape index (κ3) is 4.17. The van der Waals surface area contributed by atoms with Crippen LogP contribution < -0.4 is 5.32 Å². The summed E-state index contributed by atoms with van der Waals surface area (Å²) >= 11 is 5.86. The van der Waals surface area contributed by atoms with E-state index in [0.717, 1.165) is 19.3 Å². The molecule has 6 rings (SSSR count). The summed E-state index contributed by atoms with van der Waals surface area (Å²) in [6, 6.07) is 4.96. The lowest BCUT2D eigenvalue weighted by Gasteiger charge is -2.56. The van der Waals surface area contributed by atoms with E-state index in [1.54, 1.807) is 0 Å². The van der Waals surface area contributed by atoms with Gasteiger partial charge < -0.3 is 10.1 Å². The molecule has 1 atom stereocenters. The van der Waals surface area contributed by atoms with Crippen LogP contribution in [0, 0.1) is 17.8 Å². The number of hydrogen-bond donors (Lipinski definition) is 1. The number of sulfonamides is 1. The Hall–Kier alpha value is -1.64. The average molecular weight is 481 g/mol. The van der Waals surface area contributed by atoms with Gasteiger partial charge >= 0.3 is 5.97 Å². The summed E-state index contributed by atoms with van der Waals surface area (Å²) in [4.78, 5) is 25.5. The molecule has 1 heterocycles. The van der Waals surface area contributed by atoms with Crippen LogP contribution in [0.15, 0.2) is 29.2 Å². The number of benzene rings is 1. The van der Waals surface area contributed by atoms with Gasteiger partial charge in [0, 0.05) is 17.1 Å². The second-order valence-electron chi connectivity index (χ2n) is 10.1. The maximum absolute atomic E-state index is 13.0. The van der Waals surface area contributed by atoms with Crippen LogP contribution in [0.5, 0.6) is 0 Å². The zero-order valence-electron chi connectivity index (χ0n) is 18.0. The molecule has 9 heteroatoms. The van der Waals surface area contributed by atoms with Crippen molar-refractivity contribution >= 4 is 33.5 Å². The second-order valence-corrected chi connectivity index (χ2v) is 12.4. The lowest BCUT2D eigenvalue weighted by Crippen LogP contribution is -2.60. The van der Waals surface area contributed by atoms with Crippen molar-refractivity contribution in [3.63, 3.8) is 0 Å². The number of nitrogens with zero attached hydrogens (tertiary/aromatic N) is 1. The molecule has 1 saturated heterocycles. The molecule has 1 amide bonds. The lowest BCUT2D eigenvalue weighted by molar-refractivity contribution is -0.153. The lowest BCUT2D eigenvalue weighted by atomic mass is 9.53. The predicted molar refractivity (Wildman–Crippen MR) is 118 cm³/mol. The minimum Gasteiger partial charge on any atom is -0.454 e. The van der Waals surface area contributed by atoms with E-state index in [9.17, 15) is 18.0 Å². The van der Waals surface area contributed by atoms with Crippen molar-refractivity contribution in [2.24, 2.45) is 17.8 Å². The van der Waals surface area contributed by atoms with Gasteiger partial charge in [-0.2, -0.15) is 4.31 Å². The first-order chi connectivity index (χ1) is 15.2. The Labute approximate surface area is 193 Å². The number of halogens is 1. The van der Waals surface area contributed by atoms with Crippen molar-refractivity contribution in [2.45, 2.75) is 67.8 Å². The van der Waals surface area contributed by atoms with Gasteiger partial charge in [-0.15, -0.1) is 0 Å². The second kappa shape index (κ2) is 8.29. The van der Waals surface area contributed by atoms with Gasteiger partial charge in [-0.05, 0) is 93.4 Å². The van der Waals surface area contributed by atoms with Crippen LogP contribution >= 0.6 is 11.6 Å². The molecule has 1 aromatic carbocycles. The largest absolute Gasteiger partial charge is 0.454 e. The molecule has 174 valence electrons. The van der Waals surface area contributed by atoms with Crippen LogP contribution in [-0.2, 0) is 24.3 Å². The molecule has 4 bridgehead atoms. The van der Waals surface area contributed by atoms with Crippen molar-refractivity contribution in [1.82, 2.24) is 9.62 Å². The minimum atomic E-state index is -3.85. The molecule has 1 aliphatic heterocycles. The number of carbonyl (C=O) groups is 2. The normalized spacial score (nSPS) is 33.9. The fourth-order valence-electron chi connectivity index (χ4n) is 6.83. The van der Waals surface area contributed by atoms with E-state index in [4.69, 9.17) is 16.3 Å². The van der Waals surface area contributed by atoms with Crippen LogP contribution in [-0.4, -0.2) is 49.3 Å². The molecular weight excluding hydrogens is 452 g/mol. The van der Waals surface area contributed by atoms with Crippen molar-refractivity contribution in [1.29, 1.82) is 0 Å². The van der Waals surface area contributed by atoms with E-state index in [1.807, 2.05) is 0 Å². The molecule has 0 spiro atoms. The topological polar surface area (TPSA) is 92.8 Å². The first-order valence-corrected chi connectivity index (χ1v) is 13.3. The molecule has 0 radical (unpaired) electrons. The maximum atomic E-state index is 13.0. The van der Waals surface area contributed by atoms with E-state index < -0.39 is 22.0 Å². The summed E-state index contributed by atoms with van der Waals surface area (Å²) in [5, 5.41) is 3.62. The molecular formula is C23H29ClN2O5S. The summed E-state index contributed by atoms with van der Waals surface area (Å²) in [7, 11) is -3.85. The van der Waals surface area contributed by atoms with Crippen LogP contribution in [0.3, 0.4) is 0 Å². The maximum Gasteiger partial charge on any atom is 0.324 e. The molecule has 4 aliphatic carbocycles. The Morgan fingerprint density at radius 2 is 1.66 bits per heavy atom. The van der Waals surface area contributed by atoms with Gasteiger partial charge in [-0.3, -0.25) is 9.59 Å². The van der Waals surface area contributed by atoms with Crippen molar-refractivity contribution < 1.29 is 22.7 Å². The highest BCUT2D eigenvalue weighted by molar-refractivity contribution is 7.89. The molecule has 4 saturated carbocycles. The number of rotatable bonds is 6. The molecule has 0 unspecified atom stereocenters. The zero-order chi connectivity index (χ0) is 22.5.